The van der Waals surface area contributed by atoms with Gasteiger partial charge in [0.05, 0.1) is 17.7 Å². The van der Waals surface area contributed by atoms with Gasteiger partial charge in [-0.2, -0.15) is 0 Å². The molecule has 1 amide bonds. The number of hydrogen-bond acceptors (Lipinski definition) is 5. The molecule has 0 aliphatic rings. The molecule has 0 radical (unpaired) electrons. The summed E-state index contributed by atoms with van der Waals surface area (Å²) in [4.78, 5) is 25.8. The van der Waals surface area contributed by atoms with Gasteiger partial charge >= 0.3 is 5.97 Å². The molecule has 3 rings (SSSR count). The lowest BCUT2D eigenvalue weighted by atomic mass is 10.1. The molecule has 0 spiro atoms. The van der Waals surface area contributed by atoms with Crippen molar-refractivity contribution in [1.82, 2.24) is 0 Å². The number of ether oxygens (including phenoxy) is 2. The average Bonchev–Trinajstić information content (AvgIpc) is 2.78. The molecule has 0 saturated heterocycles. The van der Waals surface area contributed by atoms with Gasteiger partial charge in [0.1, 0.15) is 5.75 Å². The molecule has 0 heterocycles. The molecule has 154 valence electrons. The lowest BCUT2D eigenvalue weighted by Crippen LogP contribution is -2.26. The highest BCUT2D eigenvalue weighted by Crippen LogP contribution is 2.29. The van der Waals surface area contributed by atoms with Crippen molar-refractivity contribution in [3.8, 4) is 5.75 Å². The third-order valence-electron chi connectivity index (χ3n) is 4.40. The molecule has 0 aliphatic heterocycles. The van der Waals surface area contributed by atoms with Crippen LogP contribution in [0.25, 0.3) is 0 Å². The molecule has 30 heavy (non-hydrogen) atoms. The Bertz CT molecular complexity index is 1040. The summed E-state index contributed by atoms with van der Waals surface area (Å²) in [5, 5.41) is 6.05. The highest BCUT2D eigenvalue weighted by atomic mass is 35.5. The fourth-order valence-electron chi connectivity index (χ4n) is 2.90. The first-order valence-corrected chi connectivity index (χ1v) is 9.58. The highest BCUT2D eigenvalue weighted by Gasteiger charge is 2.27. The van der Waals surface area contributed by atoms with Gasteiger partial charge in [0, 0.05) is 24.0 Å². The molecule has 1 unspecified atom stereocenters. The number of anilines is 2. The van der Waals surface area contributed by atoms with Crippen molar-refractivity contribution >= 4 is 34.9 Å². The molecular formula is C23H21ClN2O4. The van der Waals surface area contributed by atoms with Crippen molar-refractivity contribution in [1.29, 1.82) is 0 Å². The molecule has 1 atom stereocenters. The molecular weight excluding hydrogens is 404 g/mol. The second kappa shape index (κ2) is 9.80. The number of amides is 1. The minimum Gasteiger partial charge on any atom is -0.495 e. The lowest BCUT2D eigenvalue weighted by molar-refractivity contribution is -0.125. The predicted molar refractivity (Wildman–Crippen MR) is 117 cm³/mol. The zero-order valence-electron chi connectivity index (χ0n) is 16.5. The Morgan fingerprint density at radius 1 is 0.967 bits per heavy atom. The smallest absolute Gasteiger partial charge is 0.341 e. The van der Waals surface area contributed by atoms with E-state index in [0.29, 0.717) is 33.3 Å². The standard InChI is InChI=1S/C23H21ClN2O4/c1-25-19-11-7-6-10-17(19)23(28)30-21(15-8-4-3-5-9-15)22(27)26-16-12-13-20(29-2)18(24)14-16/h3-14,21,25H,1-2H3,(H,26,27). The average molecular weight is 425 g/mol. The topological polar surface area (TPSA) is 76.7 Å². The summed E-state index contributed by atoms with van der Waals surface area (Å²) in [6, 6.07) is 20.6. The summed E-state index contributed by atoms with van der Waals surface area (Å²) >= 11 is 6.14. The zero-order chi connectivity index (χ0) is 21.5. The van der Waals surface area contributed by atoms with E-state index in [1.165, 1.54) is 7.11 Å². The molecule has 6 nitrogen and oxygen atoms in total. The second-order valence-corrected chi connectivity index (χ2v) is 6.74. The van der Waals surface area contributed by atoms with E-state index in [0.717, 1.165) is 0 Å². The van der Waals surface area contributed by atoms with Crippen LogP contribution in [0, 0.1) is 0 Å². The summed E-state index contributed by atoms with van der Waals surface area (Å²) in [7, 11) is 3.22. The Morgan fingerprint density at radius 2 is 1.67 bits per heavy atom. The Balaban J connectivity index is 1.86. The number of esters is 1. The zero-order valence-corrected chi connectivity index (χ0v) is 17.3. The van der Waals surface area contributed by atoms with Crippen LogP contribution in [0.15, 0.2) is 72.8 Å². The van der Waals surface area contributed by atoms with E-state index >= 15 is 0 Å². The quantitative estimate of drug-likeness (QED) is 0.526. The normalized spacial score (nSPS) is 11.3. The van der Waals surface area contributed by atoms with Crippen LogP contribution in [-0.4, -0.2) is 26.0 Å². The van der Waals surface area contributed by atoms with Crippen LogP contribution in [0.1, 0.15) is 22.0 Å². The van der Waals surface area contributed by atoms with E-state index in [2.05, 4.69) is 10.6 Å². The van der Waals surface area contributed by atoms with Crippen molar-refractivity contribution in [2.45, 2.75) is 6.10 Å². The molecule has 3 aromatic carbocycles. The van der Waals surface area contributed by atoms with Crippen LogP contribution in [0.5, 0.6) is 5.75 Å². The Kier molecular flexibility index (Phi) is 6.93. The number of rotatable bonds is 7. The summed E-state index contributed by atoms with van der Waals surface area (Å²) in [5.74, 6) is -0.626. The summed E-state index contributed by atoms with van der Waals surface area (Å²) < 4.78 is 10.8. The Labute approximate surface area is 179 Å². The molecule has 2 N–H and O–H groups in total. The van der Waals surface area contributed by atoms with Gasteiger partial charge in [-0.05, 0) is 30.3 Å². The largest absolute Gasteiger partial charge is 0.495 e. The van der Waals surface area contributed by atoms with Gasteiger partial charge in [-0.3, -0.25) is 4.79 Å². The Morgan fingerprint density at radius 3 is 2.33 bits per heavy atom. The van der Waals surface area contributed by atoms with Crippen molar-refractivity contribution in [3.05, 3.63) is 88.9 Å². The summed E-state index contributed by atoms with van der Waals surface area (Å²) in [6.45, 7) is 0. The van der Waals surface area contributed by atoms with Gasteiger partial charge < -0.3 is 20.1 Å². The first-order valence-electron chi connectivity index (χ1n) is 9.20. The monoisotopic (exact) mass is 424 g/mol. The SMILES string of the molecule is CNc1ccccc1C(=O)OC(C(=O)Nc1ccc(OC)c(Cl)c1)c1ccccc1. The van der Waals surface area contributed by atoms with Gasteiger partial charge in [0.15, 0.2) is 0 Å². The maximum absolute atomic E-state index is 13.0. The number of para-hydroxylation sites is 1. The lowest BCUT2D eigenvalue weighted by Gasteiger charge is -2.19. The Hall–Kier alpha value is -3.51. The summed E-state index contributed by atoms with van der Waals surface area (Å²) in [6.07, 6.45) is -1.15. The van der Waals surface area contributed by atoms with Crippen molar-refractivity contribution < 1.29 is 19.1 Å². The number of halogens is 1. The molecule has 0 saturated carbocycles. The van der Waals surface area contributed by atoms with Crippen molar-refractivity contribution in [2.24, 2.45) is 0 Å². The summed E-state index contributed by atoms with van der Waals surface area (Å²) in [5.41, 5.74) is 1.95. The third kappa shape index (κ3) is 4.90. The van der Waals surface area contributed by atoms with E-state index < -0.39 is 18.0 Å². The fraction of sp³-hybridized carbons (Fsp3) is 0.130. The molecule has 7 heteroatoms. The molecule has 3 aromatic rings. The number of nitrogens with one attached hydrogen (secondary N) is 2. The number of hydrogen-bond donors (Lipinski definition) is 2. The van der Waals surface area contributed by atoms with E-state index in [4.69, 9.17) is 21.1 Å². The highest BCUT2D eigenvalue weighted by molar-refractivity contribution is 6.32. The van der Waals surface area contributed by atoms with E-state index in [-0.39, 0.29) is 0 Å². The first-order chi connectivity index (χ1) is 14.5. The second-order valence-electron chi connectivity index (χ2n) is 6.33. The number of methoxy groups -OCH3 is 1. The van der Waals surface area contributed by atoms with Gasteiger partial charge in [0.25, 0.3) is 5.91 Å². The first kappa shape index (κ1) is 21.2. The third-order valence-corrected chi connectivity index (χ3v) is 4.70. The maximum Gasteiger partial charge on any atom is 0.341 e. The van der Waals surface area contributed by atoms with Gasteiger partial charge in [-0.15, -0.1) is 0 Å². The van der Waals surface area contributed by atoms with Gasteiger partial charge in [-0.25, -0.2) is 4.79 Å². The van der Waals surface area contributed by atoms with E-state index in [9.17, 15) is 9.59 Å². The van der Waals surface area contributed by atoms with Gasteiger partial charge in [0.2, 0.25) is 6.10 Å². The maximum atomic E-state index is 13.0. The minimum atomic E-state index is -1.15. The molecule has 0 fully saturated rings. The van der Waals surface area contributed by atoms with E-state index in [1.54, 1.807) is 73.8 Å². The molecule has 0 bridgehead atoms. The van der Waals surface area contributed by atoms with Crippen LogP contribution in [-0.2, 0) is 9.53 Å². The molecule has 0 aromatic heterocycles. The van der Waals surface area contributed by atoms with Crippen molar-refractivity contribution in [3.63, 3.8) is 0 Å². The molecule has 0 aliphatic carbocycles. The number of benzene rings is 3. The fourth-order valence-corrected chi connectivity index (χ4v) is 3.16. The van der Waals surface area contributed by atoms with Crippen LogP contribution < -0.4 is 15.4 Å². The van der Waals surface area contributed by atoms with Crippen LogP contribution in [0.3, 0.4) is 0 Å². The van der Waals surface area contributed by atoms with E-state index in [1.807, 2.05) is 6.07 Å². The van der Waals surface area contributed by atoms with Gasteiger partial charge in [-0.1, -0.05) is 54.1 Å². The van der Waals surface area contributed by atoms with Crippen molar-refractivity contribution in [2.75, 3.05) is 24.8 Å². The number of carbonyl (C=O) groups excluding carboxylic acids is 2. The minimum absolute atomic E-state index is 0.334. The predicted octanol–water partition coefficient (Wildman–Crippen LogP) is 4.93. The van der Waals surface area contributed by atoms with Crippen LogP contribution in [0.2, 0.25) is 5.02 Å². The number of carbonyl (C=O) groups is 2. The van der Waals surface area contributed by atoms with Crippen LogP contribution >= 0.6 is 11.6 Å². The van der Waals surface area contributed by atoms with Crippen LogP contribution in [0.4, 0.5) is 11.4 Å².